The number of carbonyl (C=O) groups is 1. The highest BCUT2D eigenvalue weighted by Crippen LogP contribution is 2.21. The minimum atomic E-state index is 0.0228. The number of hydrogen-bond donors (Lipinski definition) is 5. The largest absolute Gasteiger partial charge is 0.492 e. The van der Waals surface area contributed by atoms with Crippen LogP contribution in [0, 0.1) is 5.92 Å². The van der Waals surface area contributed by atoms with E-state index in [2.05, 4.69) is 42.5 Å². The first kappa shape index (κ1) is 24.5. The van der Waals surface area contributed by atoms with Crippen LogP contribution >= 0.6 is 25.3 Å². The Balaban J connectivity index is 2.36. The number of unbranched alkanes of at least 4 members (excludes halogenated alkanes) is 1. The van der Waals surface area contributed by atoms with Crippen LogP contribution < -0.4 is 21.5 Å². The van der Waals surface area contributed by atoms with Crippen LogP contribution in [0.4, 0.5) is 0 Å². The number of rotatable bonds is 14. The van der Waals surface area contributed by atoms with E-state index in [1.807, 2.05) is 18.2 Å². The molecule has 1 unspecified atom stereocenters. The van der Waals surface area contributed by atoms with Gasteiger partial charge in [0.1, 0.15) is 12.4 Å². The highest BCUT2D eigenvalue weighted by molar-refractivity contribution is 7.79. The first-order valence-corrected chi connectivity index (χ1v) is 11.1. The number of amides is 1. The third kappa shape index (κ3) is 9.59. The zero-order chi connectivity index (χ0) is 20.8. The number of ether oxygens (including phenoxy) is 1. The summed E-state index contributed by atoms with van der Waals surface area (Å²) in [4.78, 5) is 16.4. The van der Waals surface area contributed by atoms with Crippen LogP contribution in [0.2, 0.25) is 0 Å². The smallest absolute Gasteiger partial charge is 0.223 e. The van der Waals surface area contributed by atoms with Crippen molar-refractivity contribution < 1.29 is 9.53 Å². The molecular formula is C20H34N4O2S2. The number of nitrogens with zero attached hydrogens (tertiary/aromatic N) is 1. The quantitative estimate of drug-likeness (QED) is 0.137. The SMILES string of the molecule is CCCC(CCCCN=C(N)N)C(=O)NCCOc1ccc(CS)c(CS)c1. The lowest BCUT2D eigenvalue weighted by atomic mass is 9.96. The van der Waals surface area contributed by atoms with Gasteiger partial charge in [-0.05, 0) is 42.5 Å². The van der Waals surface area contributed by atoms with Gasteiger partial charge in [-0.25, -0.2) is 0 Å². The van der Waals surface area contributed by atoms with Gasteiger partial charge in [0.25, 0.3) is 0 Å². The summed E-state index contributed by atoms with van der Waals surface area (Å²) in [7, 11) is 0. The molecule has 0 saturated heterocycles. The van der Waals surface area contributed by atoms with Gasteiger partial charge in [-0.2, -0.15) is 25.3 Å². The number of nitrogens with one attached hydrogen (secondary N) is 1. The van der Waals surface area contributed by atoms with Crippen molar-refractivity contribution >= 4 is 37.1 Å². The highest BCUT2D eigenvalue weighted by Gasteiger charge is 2.16. The molecule has 0 aliphatic heterocycles. The molecule has 8 heteroatoms. The molecule has 6 nitrogen and oxygen atoms in total. The van der Waals surface area contributed by atoms with Gasteiger partial charge >= 0.3 is 0 Å². The van der Waals surface area contributed by atoms with Crippen molar-refractivity contribution in [3.05, 3.63) is 29.3 Å². The van der Waals surface area contributed by atoms with E-state index in [4.69, 9.17) is 16.2 Å². The van der Waals surface area contributed by atoms with E-state index in [0.717, 1.165) is 49.0 Å². The van der Waals surface area contributed by atoms with Gasteiger partial charge < -0.3 is 21.5 Å². The lowest BCUT2D eigenvalue weighted by molar-refractivity contribution is -0.125. The third-order valence-electron chi connectivity index (χ3n) is 4.45. The Morgan fingerprint density at radius 1 is 1.18 bits per heavy atom. The summed E-state index contributed by atoms with van der Waals surface area (Å²) in [5.41, 5.74) is 12.9. The maximum atomic E-state index is 12.4. The summed E-state index contributed by atoms with van der Waals surface area (Å²) in [5, 5.41) is 2.99. The minimum Gasteiger partial charge on any atom is -0.492 e. The van der Waals surface area contributed by atoms with Crippen molar-refractivity contribution in [3.8, 4) is 5.75 Å². The molecule has 0 aliphatic carbocycles. The van der Waals surface area contributed by atoms with Crippen LogP contribution in [0.25, 0.3) is 0 Å². The van der Waals surface area contributed by atoms with Crippen LogP contribution in [-0.2, 0) is 16.3 Å². The van der Waals surface area contributed by atoms with Crippen LogP contribution in [-0.4, -0.2) is 31.6 Å². The van der Waals surface area contributed by atoms with Crippen molar-refractivity contribution in [1.29, 1.82) is 0 Å². The average Bonchev–Trinajstić information content (AvgIpc) is 2.69. The molecule has 1 aromatic rings. The maximum absolute atomic E-state index is 12.4. The van der Waals surface area contributed by atoms with E-state index in [-0.39, 0.29) is 17.8 Å². The van der Waals surface area contributed by atoms with Gasteiger partial charge in [0.15, 0.2) is 5.96 Å². The van der Waals surface area contributed by atoms with Gasteiger partial charge in [0.2, 0.25) is 5.91 Å². The van der Waals surface area contributed by atoms with Crippen LogP contribution in [0.1, 0.15) is 50.2 Å². The number of nitrogens with two attached hydrogens (primary N) is 2. The average molecular weight is 427 g/mol. The first-order chi connectivity index (χ1) is 13.5. The first-order valence-electron chi connectivity index (χ1n) is 9.81. The molecule has 1 rings (SSSR count). The van der Waals surface area contributed by atoms with E-state index < -0.39 is 0 Å². The lowest BCUT2D eigenvalue weighted by Crippen LogP contribution is -2.33. The number of benzene rings is 1. The summed E-state index contributed by atoms with van der Waals surface area (Å²) < 4.78 is 5.76. The molecule has 0 fully saturated rings. The summed E-state index contributed by atoms with van der Waals surface area (Å²) in [6.07, 6.45) is 4.51. The Kier molecular flexibility index (Phi) is 12.6. The molecule has 0 bridgehead atoms. The standard InChI is InChI=1S/C20H34N4O2S2/c1-2-5-15(6-3-4-9-24-20(21)22)19(25)23-10-11-26-18-8-7-16(13-27)17(12-18)14-28/h7-8,12,15,27-28H,2-6,9-11,13-14H2,1H3,(H,23,25)(H4,21,22,24). The van der Waals surface area contributed by atoms with Crippen molar-refractivity contribution in [2.45, 2.75) is 50.5 Å². The van der Waals surface area contributed by atoms with Gasteiger partial charge in [0, 0.05) is 24.0 Å². The molecule has 1 amide bonds. The van der Waals surface area contributed by atoms with Crippen LogP contribution in [0.15, 0.2) is 23.2 Å². The summed E-state index contributed by atoms with van der Waals surface area (Å²) in [6, 6.07) is 5.92. The Morgan fingerprint density at radius 3 is 2.57 bits per heavy atom. The van der Waals surface area contributed by atoms with Gasteiger partial charge in [0.05, 0.1) is 6.54 Å². The lowest BCUT2D eigenvalue weighted by Gasteiger charge is -2.16. The molecule has 0 spiro atoms. The second-order valence-electron chi connectivity index (χ2n) is 6.67. The Bertz CT molecular complexity index is 622. The fourth-order valence-corrected chi connectivity index (χ4v) is 3.55. The van der Waals surface area contributed by atoms with Crippen molar-refractivity contribution in [2.24, 2.45) is 22.4 Å². The van der Waals surface area contributed by atoms with Crippen LogP contribution in [0.5, 0.6) is 5.75 Å². The summed E-state index contributed by atoms with van der Waals surface area (Å²) in [5.74, 6) is 2.34. The molecule has 1 aromatic carbocycles. The molecule has 5 N–H and O–H groups in total. The number of carbonyl (C=O) groups excluding carboxylic acids is 1. The molecule has 0 heterocycles. The molecule has 0 saturated carbocycles. The Labute approximate surface area is 179 Å². The van der Waals surface area contributed by atoms with Gasteiger partial charge in [-0.15, -0.1) is 0 Å². The van der Waals surface area contributed by atoms with Crippen molar-refractivity contribution in [1.82, 2.24) is 5.32 Å². The van der Waals surface area contributed by atoms with E-state index in [1.54, 1.807) is 0 Å². The monoisotopic (exact) mass is 426 g/mol. The fraction of sp³-hybridized carbons (Fsp3) is 0.600. The molecule has 1 atom stereocenters. The zero-order valence-corrected chi connectivity index (χ0v) is 18.5. The Morgan fingerprint density at radius 2 is 1.93 bits per heavy atom. The molecule has 0 aromatic heterocycles. The molecular weight excluding hydrogens is 392 g/mol. The van der Waals surface area contributed by atoms with E-state index in [0.29, 0.717) is 31.2 Å². The molecule has 158 valence electrons. The third-order valence-corrected chi connectivity index (χ3v) is 5.13. The summed E-state index contributed by atoms with van der Waals surface area (Å²) >= 11 is 8.66. The van der Waals surface area contributed by atoms with Crippen molar-refractivity contribution in [3.63, 3.8) is 0 Å². The number of hydrogen-bond acceptors (Lipinski definition) is 5. The second-order valence-corrected chi connectivity index (χ2v) is 7.31. The number of aliphatic imine (C=N–C) groups is 1. The molecule has 0 radical (unpaired) electrons. The van der Waals surface area contributed by atoms with E-state index in [1.165, 1.54) is 0 Å². The topological polar surface area (TPSA) is 103 Å². The fourth-order valence-electron chi connectivity index (χ4n) is 2.95. The van der Waals surface area contributed by atoms with Crippen molar-refractivity contribution in [2.75, 3.05) is 19.7 Å². The maximum Gasteiger partial charge on any atom is 0.223 e. The highest BCUT2D eigenvalue weighted by atomic mass is 32.1. The van der Waals surface area contributed by atoms with Gasteiger partial charge in [-0.3, -0.25) is 9.79 Å². The minimum absolute atomic E-state index is 0.0228. The predicted octanol–water partition coefficient (Wildman–Crippen LogP) is 2.90. The number of guanidine groups is 1. The Hall–Kier alpha value is -1.54. The van der Waals surface area contributed by atoms with E-state index >= 15 is 0 Å². The normalized spacial score (nSPS) is 11.7. The predicted molar refractivity (Wildman–Crippen MR) is 123 cm³/mol. The zero-order valence-electron chi connectivity index (χ0n) is 16.7. The van der Waals surface area contributed by atoms with Crippen LogP contribution in [0.3, 0.4) is 0 Å². The molecule has 28 heavy (non-hydrogen) atoms. The summed E-state index contributed by atoms with van der Waals surface area (Å²) in [6.45, 7) is 3.62. The number of thiol groups is 2. The van der Waals surface area contributed by atoms with Gasteiger partial charge in [-0.1, -0.05) is 25.8 Å². The van der Waals surface area contributed by atoms with E-state index in [9.17, 15) is 4.79 Å². The second kappa shape index (κ2) is 14.5. The molecule has 0 aliphatic rings.